The molecule has 27 heavy (non-hydrogen) atoms. The highest BCUT2D eigenvalue weighted by atomic mass is 35.5. The monoisotopic (exact) mass is 390 g/mol. The molecule has 1 aromatic heterocycles. The fraction of sp³-hybridized carbons (Fsp3) is 0.400. The van der Waals surface area contributed by atoms with E-state index in [0.29, 0.717) is 24.1 Å². The Balaban J connectivity index is 1.95. The first-order valence-corrected chi connectivity index (χ1v) is 9.29. The largest absolute Gasteiger partial charge is 0.497 e. The third-order valence-corrected chi connectivity index (χ3v) is 4.93. The van der Waals surface area contributed by atoms with Crippen molar-refractivity contribution in [3.05, 3.63) is 46.6 Å². The van der Waals surface area contributed by atoms with Crippen molar-refractivity contribution in [2.45, 2.75) is 25.8 Å². The summed E-state index contributed by atoms with van der Waals surface area (Å²) in [4.78, 5) is 19.3. The first-order valence-electron chi connectivity index (χ1n) is 8.91. The van der Waals surface area contributed by atoms with Crippen LogP contribution in [-0.4, -0.2) is 43.2 Å². The third-order valence-electron chi connectivity index (χ3n) is 4.62. The summed E-state index contributed by atoms with van der Waals surface area (Å²) in [5.74, 6) is 1.62. The SMILES string of the molecule is CCOc1ccc(Cl)c(C(=O)N2CCCC2c2cc(OC)ccc2OC)n1. The van der Waals surface area contributed by atoms with Crippen LogP contribution in [0.25, 0.3) is 0 Å². The van der Waals surface area contributed by atoms with Crippen LogP contribution in [0.15, 0.2) is 30.3 Å². The van der Waals surface area contributed by atoms with Gasteiger partial charge in [-0.2, -0.15) is 0 Å². The molecule has 1 aliphatic rings. The van der Waals surface area contributed by atoms with Crippen LogP contribution in [0.2, 0.25) is 5.02 Å². The van der Waals surface area contributed by atoms with Gasteiger partial charge in [0.2, 0.25) is 5.88 Å². The Labute approximate surface area is 164 Å². The van der Waals surface area contributed by atoms with Crippen LogP contribution < -0.4 is 14.2 Å². The molecule has 6 nitrogen and oxygen atoms in total. The van der Waals surface area contributed by atoms with Crippen LogP contribution in [0, 0.1) is 0 Å². The molecular weight excluding hydrogens is 368 g/mol. The van der Waals surface area contributed by atoms with Gasteiger partial charge in [0.05, 0.1) is 31.9 Å². The number of carbonyl (C=O) groups excluding carboxylic acids is 1. The van der Waals surface area contributed by atoms with E-state index < -0.39 is 0 Å². The fourth-order valence-electron chi connectivity index (χ4n) is 3.37. The van der Waals surface area contributed by atoms with Gasteiger partial charge in [0.1, 0.15) is 11.5 Å². The minimum absolute atomic E-state index is 0.129. The molecule has 1 amide bonds. The summed E-state index contributed by atoms with van der Waals surface area (Å²) in [6, 6.07) is 8.79. The molecule has 144 valence electrons. The highest BCUT2D eigenvalue weighted by Crippen LogP contribution is 2.40. The minimum Gasteiger partial charge on any atom is -0.497 e. The van der Waals surface area contributed by atoms with Crippen molar-refractivity contribution in [3.8, 4) is 17.4 Å². The van der Waals surface area contributed by atoms with Gasteiger partial charge in [0.15, 0.2) is 5.69 Å². The van der Waals surface area contributed by atoms with Gasteiger partial charge in [-0.25, -0.2) is 4.98 Å². The number of methoxy groups -OCH3 is 2. The predicted octanol–water partition coefficient (Wildman–Crippen LogP) is 4.13. The molecule has 7 heteroatoms. The molecule has 0 aliphatic carbocycles. The van der Waals surface area contributed by atoms with E-state index in [1.165, 1.54) is 0 Å². The number of pyridine rings is 1. The molecule has 0 radical (unpaired) electrons. The lowest BCUT2D eigenvalue weighted by Crippen LogP contribution is -2.31. The Hall–Kier alpha value is -2.47. The smallest absolute Gasteiger partial charge is 0.274 e. The molecule has 0 N–H and O–H groups in total. The number of likely N-dealkylation sites (tertiary alicyclic amines) is 1. The summed E-state index contributed by atoms with van der Waals surface area (Å²) in [6.45, 7) is 2.96. The zero-order chi connectivity index (χ0) is 19.4. The number of hydrogen-bond acceptors (Lipinski definition) is 5. The Kier molecular flexibility index (Phi) is 6.06. The van der Waals surface area contributed by atoms with Crippen LogP contribution in [0.4, 0.5) is 0 Å². The second kappa shape index (κ2) is 8.48. The van der Waals surface area contributed by atoms with E-state index in [9.17, 15) is 4.79 Å². The maximum Gasteiger partial charge on any atom is 0.274 e. The lowest BCUT2D eigenvalue weighted by Gasteiger charge is -2.26. The lowest BCUT2D eigenvalue weighted by molar-refractivity contribution is 0.0727. The van der Waals surface area contributed by atoms with Gasteiger partial charge < -0.3 is 19.1 Å². The first kappa shape index (κ1) is 19.3. The Morgan fingerprint density at radius 2 is 2.07 bits per heavy atom. The van der Waals surface area contributed by atoms with Gasteiger partial charge in [-0.1, -0.05) is 11.6 Å². The van der Waals surface area contributed by atoms with Crippen LogP contribution >= 0.6 is 11.6 Å². The molecular formula is C20H23ClN2O4. The predicted molar refractivity (Wildman–Crippen MR) is 103 cm³/mol. The highest BCUT2D eigenvalue weighted by molar-refractivity contribution is 6.33. The number of rotatable bonds is 6. The topological polar surface area (TPSA) is 60.9 Å². The van der Waals surface area contributed by atoms with Crippen LogP contribution in [0.3, 0.4) is 0 Å². The average Bonchev–Trinajstić information content (AvgIpc) is 3.18. The Morgan fingerprint density at radius 1 is 1.26 bits per heavy atom. The third kappa shape index (κ3) is 3.95. The van der Waals surface area contributed by atoms with E-state index in [0.717, 1.165) is 29.9 Å². The average molecular weight is 391 g/mol. The van der Waals surface area contributed by atoms with Gasteiger partial charge in [-0.3, -0.25) is 4.79 Å². The molecule has 1 aromatic carbocycles. The van der Waals surface area contributed by atoms with Crippen molar-refractivity contribution in [1.29, 1.82) is 0 Å². The number of benzene rings is 1. The van der Waals surface area contributed by atoms with Crippen molar-refractivity contribution in [2.24, 2.45) is 0 Å². The molecule has 2 heterocycles. The van der Waals surface area contributed by atoms with Crippen molar-refractivity contribution >= 4 is 17.5 Å². The molecule has 1 saturated heterocycles. The first-order chi connectivity index (χ1) is 13.1. The second-order valence-corrected chi connectivity index (χ2v) is 6.58. The van der Waals surface area contributed by atoms with Gasteiger partial charge >= 0.3 is 0 Å². The van der Waals surface area contributed by atoms with Gasteiger partial charge in [0, 0.05) is 18.2 Å². The normalized spacial score (nSPS) is 16.3. The number of ether oxygens (including phenoxy) is 3. The van der Waals surface area contributed by atoms with E-state index in [4.69, 9.17) is 25.8 Å². The molecule has 0 spiro atoms. The number of aromatic nitrogens is 1. The van der Waals surface area contributed by atoms with Crippen molar-refractivity contribution < 1.29 is 19.0 Å². The van der Waals surface area contributed by atoms with Crippen LogP contribution in [0.1, 0.15) is 41.9 Å². The Morgan fingerprint density at radius 3 is 2.78 bits per heavy atom. The van der Waals surface area contributed by atoms with Crippen molar-refractivity contribution in [1.82, 2.24) is 9.88 Å². The lowest BCUT2D eigenvalue weighted by atomic mass is 10.0. The summed E-state index contributed by atoms with van der Waals surface area (Å²) in [5, 5.41) is 0.312. The summed E-state index contributed by atoms with van der Waals surface area (Å²) in [6.07, 6.45) is 1.72. The van der Waals surface area contributed by atoms with E-state index in [1.807, 2.05) is 25.1 Å². The molecule has 1 aliphatic heterocycles. The summed E-state index contributed by atoms with van der Waals surface area (Å²) < 4.78 is 16.3. The quantitative estimate of drug-likeness (QED) is 0.742. The number of nitrogens with zero attached hydrogens (tertiary/aromatic N) is 2. The Bertz CT molecular complexity index is 828. The van der Waals surface area contributed by atoms with Gasteiger partial charge in [-0.15, -0.1) is 0 Å². The van der Waals surface area contributed by atoms with E-state index >= 15 is 0 Å². The van der Waals surface area contributed by atoms with Gasteiger partial charge in [0.25, 0.3) is 5.91 Å². The van der Waals surface area contributed by atoms with Crippen molar-refractivity contribution in [2.75, 3.05) is 27.4 Å². The molecule has 1 fully saturated rings. The standard InChI is InChI=1S/C20H23ClN2O4/c1-4-27-18-10-8-15(21)19(22-18)20(24)23-11-5-6-16(23)14-12-13(25-2)7-9-17(14)26-3/h7-10,12,16H,4-6,11H2,1-3H3. The fourth-order valence-corrected chi connectivity index (χ4v) is 3.56. The molecule has 0 bridgehead atoms. The molecule has 0 saturated carbocycles. The molecule has 1 unspecified atom stereocenters. The second-order valence-electron chi connectivity index (χ2n) is 6.18. The number of amides is 1. The zero-order valence-electron chi connectivity index (χ0n) is 15.7. The number of hydrogen-bond donors (Lipinski definition) is 0. The summed E-state index contributed by atoms with van der Waals surface area (Å²) in [5.41, 5.74) is 1.12. The van der Waals surface area contributed by atoms with Crippen molar-refractivity contribution in [3.63, 3.8) is 0 Å². The van der Waals surface area contributed by atoms with E-state index in [2.05, 4.69) is 4.98 Å². The maximum absolute atomic E-state index is 13.2. The molecule has 2 aromatic rings. The van der Waals surface area contributed by atoms with E-state index in [1.54, 1.807) is 31.3 Å². The highest BCUT2D eigenvalue weighted by Gasteiger charge is 2.34. The summed E-state index contributed by atoms with van der Waals surface area (Å²) in [7, 11) is 3.24. The van der Waals surface area contributed by atoms with E-state index in [-0.39, 0.29) is 17.6 Å². The molecule has 1 atom stereocenters. The summed E-state index contributed by atoms with van der Waals surface area (Å²) >= 11 is 6.26. The minimum atomic E-state index is -0.214. The van der Waals surface area contributed by atoms with Gasteiger partial charge in [-0.05, 0) is 44.0 Å². The van der Waals surface area contributed by atoms with Crippen LogP contribution in [-0.2, 0) is 0 Å². The molecule has 3 rings (SSSR count). The number of halogens is 1. The number of carbonyl (C=O) groups is 1. The van der Waals surface area contributed by atoms with Crippen LogP contribution in [0.5, 0.6) is 17.4 Å². The zero-order valence-corrected chi connectivity index (χ0v) is 16.5. The maximum atomic E-state index is 13.2.